The predicted molar refractivity (Wildman–Crippen MR) is 73.5 cm³/mol. The van der Waals surface area contributed by atoms with Gasteiger partial charge in [0.15, 0.2) is 0 Å². The van der Waals surface area contributed by atoms with Crippen molar-refractivity contribution >= 4 is 11.0 Å². The van der Waals surface area contributed by atoms with Crippen LogP contribution in [-0.4, -0.2) is 14.5 Å². The minimum atomic E-state index is 0.622. The van der Waals surface area contributed by atoms with Crippen molar-refractivity contribution in [3.63, 3.8) is 0 Å². The molecule has 0 aliphatic heterocycles. The number of nitrogens with zero attached hydrogens (tertiary/aromatic N) is 3. The Balaban J connectivity index is 1.99. The van der Waals surface area contributed by atoms with E-state index in [2.05, 4.69) is 47.6 Å². The number of aromatic nitrogens is 3. The zero-order chi connectivity index (χ0) is 12.7. The quantitative estimate of drug-likeness (QED) is 0.804. The molecule has 2 heterocycles. The van der Waals surface area contributed by atoms with Gasteiger partial charge in [0.1, 0.15) is 12.0 Å². The summed E-state index contributed by atoms with van der Waals surface area (Å²) in [6, 6.07) is 2.78. The van der Waals surface area contributed by atoms with Gasteiger partial charge in [-0.25, -0.2) is 9.97 Å². The predicted octanol–water partition coefficient (Wildman–Crippen LogP) is 3.74. The first kappa shape index (κ1) is 11.7. The van der Waals surface area contributed by atoms with E-state index in [1.165, 1.54) is 24.6 Å². The summed E-state index contributed by atoms with van der Waals surface area (Å²) < 4.78 is 2.37. The molecule has 2 aromatic rings. The minimum Gasteiger partial charge on any atom is -0.329 e. The summed E-state index contributed by atoms with van der Waals surface area (Å²) in [4.78, 5) is 8.74. The highest BCUT2D eigenvalue weighted by Crippen LogP contribution is 2.41. The van der Waals surface area contributed by atoms with Crippen LogP contribution in [0.1, 0.15) is 44.8 Å². The first-order valence-corrected chi connectivity index (χ1v) is 6.98. The van der Waals surface area contributed by atoms with Crippen molar-refractivity contribution < 1.29 is 0 Å². The molecule has 18 heavy (non-hydrogen) atoms. The molecule has 3 heteroatoms. The van der Waals surface area contributed by atoms with Gasteiger partial charge in [-0.1, -0.05) is 20.3 Å². The van der Waals surface area contributed by atoms with Crippen LogP contribution in [0.4, 0.5) is 0 Å². The first-order chi connectivity index (χ1) is 8.70. The van der Waals surface area contributed by atoms with Crippen LogP contribution in [0.5, 0.6) is 0 Å². The number of aryl methyl sites for hydroxylation is 1. The molecule has 0 radical (unpaired) electrons. The second kappa shape index (κ2) is 4.38. The second-order valence-electron chi connectivity index (χ2n) is 5.69. The molecule has 1 aliphatic rings. The highest BCUT2D eigenvalue weighted by Gasteiger charge is 2.31. The van der Waals surface area contributed by atoms with E-state index in [0.29, 0.717) is 6.04 Å². The molecule has 0 spiro atoms. The van der Waals surface area contributed by atoms with Gasteiger partial charge < -0.3 is 4.57 Å². The van der Waals surface area contributed by atoms with E-state index in [9.17, 15) is 0 Å². The molecular weight excluding hydrogens is 222 g/mol. The zero-order valence-corrected chi connectivity index (χ0v) is 11.4. The van der Waals surface area contributed by atoms with Gasteiger partial charge in [-0.05, 0) is 37.7 Å². The standard InChI is InChI=1S/C15H21N3/c1-4-12-8-13(7-10(12)2)18-6-5-14-11(3)16-9-17-15(14)18/h5-6,9-10,12-13H,4,7-8H2,1-3H3/t10-,12+,13-/m0/s1. The van der Waals surface area contributed by atoms with Crippen molar-refractivity contribution in [3.05, 3.63) is 24.3 Å². The van der Waals surface area contributed by atoms with E-state index in [4.69, 9.17) is 0 Å². The fourth-order valence-electron chi connectivity index (χ4n) is 3.49. The van der Waals surface area contributed by atoms with Gasteiger partial charge in [-0.2, -0.15) is 0 Å². The summed E-state index contributed by atoms with van der Waals surface area (Å²) in [5.41, 5.74) is 2.19. The molecule has 0 amide bonds. The van der Waals surface area contributed by atoms with E-state index >= 15 is 0 Å². The van der Waals surface area contributed by atoms with Gasteiger partial charge in [-0.3, -0.25) is 0 Å². The van der Waals surface area contributed by atoms with Crippen LogP contribution in [-0.2, 0) is 0 Å². The van der Waals surface area contributed by atoms with Crippen molar-refractivity contribution in [2.75, 3.05) is 0 Å². The van der Waals surface area contributed by atoms with E-state index in [1.807, 2.05) is 0 Å². The molecule has 3 atom stereocenters. The highest BCUT2D eigenvalue weighted by atomic mass is 15.1. The smallest absolute Gasteiger partial charge is 0.143 e. The van der Waals surface area contributed by atoms with Crippen LogP contribution < -0.4 is 0 Å². The lowest BCUT2D eigenvalue weighted by Crippen LogP contribution is -2.05. The maximum absolute atomic E-state index is 4.47. The molecule has 1 saturated carbocycles. The lowest BCUT2D eigenvalue weighted by molar-refractivity contribution is 0.406. The maximum atomic E-state index is 4.47. The summed E-state index contributed by atoms with van der Waals surface area (Å²) >= 11 is 0. The average Bonchev–Trinajstić information content (AvgIpc) is 2.93. The van der Waals surface area contributed by atoms with E-state index in [-0.39, 0.29) is 0 Å². The highest BCUT2D eigenvalue weighted by molar-refractivity contribution is 5.78. The third-order valence-electron chi connectivity index (χ3n) is 4.65. The normalized spacial score (nSPS) is 28.1. The SMILES string of the molecule is CC[C@@H]1C[C@@H](n2ccc3c(C)ncnc32)C[C@@H]1C. The first-order valence-electron chi connectivity index (χ1n) is 6.98. The molecule has 0 saturated heterocycles. The van der Waals surface area contributed by atoms with Crippen molar-refractivity contribution in [3.8, 4) is 0 Å². The van der Waals surface area contributed by atoms with Gasteiger partial charge in [0.05, 0.1) is 5.69 Å². The number of hydrogen-bond donors (Lipinski definition) is 0. The molecule has 3 nitrogen and oxygen atoms in total. The topological polar surface area (TPSA) is 30.7 Å². The lowest BCUT2D eigenvalue weighted by Gasteiger charge is -2.13. The Morgan fingerprint density at radius 1 is 1.33 bits per heavy atom. The third kappa shape index (κ3) is 1.73. The van der Waals surface area contributed by atoms with Crippen LogP contribution in [0, 0.1) is 18.8 Å². The average molecular weight is 243 g/mol. The maximum Gasteiger partial charge on any atom is 0.143 e. The Bertz CT molecular complexity index is 558. The second-order valence-corrected chi connectivity index (χ2v) is 5.69. The largest absolute Gasteiger partial charge is 0.329 e. The Labute approximate surface area is 108 Å². The summed E-state index contributed by atoms with van der Waals surface area (Å²) in [5.74, 6) is 1.70. The van der Waals surface area contributed by atoms with E-state index in [0.717, 1.165) is 23.2 Å². The third-order valence-corrected chi connectivity index (χ3v) is 4.65. The molecule has 0 aromatic carbocycles. The van der Waals surface area contributed by atoms with Crippen molar-refractivity contribution in [2.45, 2.75) is 46.1 Å². The molecule has 96 valence electrons. The van der Waals surface area contributed by atoms with Crippen LogP contribution in [0.15, 0.2) is 18.6 Å². The van der Waals surface area contributed by atoms with Crippen molar-refractivity contribution in [2.24, 2.45) is 11.8 Å². The monoisotopic (exact) mass is 243 g/mol. The Morgan fingerprint density at radius 3 is 2.89 bits per heavy atom. The Hall–Kier alpha value is -1.38. The summed E-state index contributed by atoms with van der Waals surface area (Å²) in [7, 11) is 0. The van der Waals surface area contributed by atoms with Gasteiger partial charge in [0.2, 0.25) is 0 Å². The summed E-state index contributed by atoms with van der Waals surface area (Å²) in [6.07, 6.45) is 7.76. The van der Waals surface area contributed by atoms with Crippen molar-refractivity contribution in [1.29, 1.82) is 0 Å². The van der Waals surface area contributed by atoms with Gasteiger partial charge in [-0.15, -0.1) is 0 Å². The Morgan fingerprint density at radius 2 is 2.17 bits per heavy atom. The fourth-order valence-corrected chi connectivity index (χ4v) is 3.49. The minimum absolute atomic E-state index is 0.622. The number of rotatable bonds is 2. The molecule has 1 fully saturated rings. The van der Waals surface area contributed by atoms with Crippen LogP contribution in [0.3, 0.4) is 0 Å². The van der Waals surface area contributed by atoms with Crippen LogP contribution >= 0.6 is 0 Å². The number of fused-ring (bicyclic) bond motifs is 1. The molecule has 0 unspecified atom stereocenters. The van der Waals surface area contributed by atoms with E-state index in [1.54, 1.807) is 6.33 Å². The Kier molecular flexibility index (Phi) is 2.84. The molecule has 1 aliphatic carbocycles. The van der Waals surface area contributed by atoms with Gasteiger partial charge in [0, 0.05) is 17.6 Å². The molecule has 0 bridgehead atoms. The zero-order valence-electron chi connectivity index (χ0n) is 11.4. The van der Waals surface area contributed by atoms with Crippen molar-refractivity contribution in [1.82, 2.24) is 14.5 Å². The van der Waals surface area contributed by atoms with E-state index < -0.39 is 0 Å². The summed E-state index contributed by atoms with van der Waals surface area (Å²) in [6.45, 7) is 6.75. The summed E-state index contributed by atoms with van der Waals surface area (Å²) in [5, 5.41) is 1.20. The molecular formula is C15H21N3. The fraction of sp³-hybridized carbons (Fsp3) is 0.600. The lowest BCUT2D eigenvalue weighted by atomic mass is 9.96. The number of hydrogen-bond acceptors (Lipinski definition) is 2. The van der Waals surface area contributed by atoms with Gasteiger partial charge in [0.25, 0.3) is 0 Å². The van der Waals surface area contributed by atoms with Gasteiger partial charge >= 0.3 is 0 Å². The van der Waals surface area contributed by atoms with Crippen LogP contribution in [0.2, 0.25) is 0 Å². The molecule has 0 N–H and O–H groups in total. The molecule has 3 rings (SSSR count). The van der Waals surface area contributed by atoms with Crippen LogP contribution in [0.25, 0.3) is 11.0 Å². The molecule has 2 aromatic heterocycles.